The van der Waals surface area contributed by atoms with Gasteiger partial charge in [-0.25, -0.2) is 9.18 Å². The zero-order chi connectivity index (χ0) is 17.4. The summed E-state index contributed by atoms with van der Waals surface area (Å²) in [6, 6.07) is 3.96. The van der Waals surface area contributed by atoms with Crippen molar-refractivity contribution >= 4 is 17.6 Å². The SMILES string of the molecule is COC(=O)C/C(O)=C(\N=Nc1c(F)cccc1OC)C(=O)OC. The highest BCUT2D eigenvalue weighted by molar-refractivity contribution is 5.89. The number of methoxy groups -OCH3 is 3. The monoisotopic (exact) mass is 326 g/mol. The van der Waals surface area contributed by atoms with E-state index in [2.05, 4.69) is 19.7 Å². The predicted molar refractivity (Wildman–Crippen MR) is 75.8 cm³/mol. The third-order valence-corrected chi connectivity index (χ3v) is 2.61. The Kier molecular flexibility index (Phi) is 6.66. The Balaban J connectivity index is 3.24. The van der Waals surface area contributed by atoms with Crippen LogP contribution in [0.4, 0.5) is 10.1 Å². The van der Waals surface area contributed by atoms with Gasteiger partial charge in [-0.15, -0.1) is 10.2 Å². The van der Waals surface area contributed by atoms with Crippen molar-refractivity contribution in [2.24, 2.45) is 10.2 Å². The van der Waals surface area contributed by atoms with Crippen LogP contribution < -0.4 is 4.74 Å². The average molecular weight is 326 g/mol. The lowest BCUT2D eigenvalue weighted by atomic mass is 10.3. The Morgan fingerprint density at radius 2 is 1.91 bits per heavy atom. The molecule has 0 amide bonds. The standard InChI is InChI=1S/C14H15FN2O6/c1-21-10-6-4-5-8(15)12(10)16-17-13(14(20)23-3)9(18)7-11(19)22-2/h4-6,18H,7H2,1-3H3/b13-9+,17-16?. The molecule has 0 aliphatic carbocycles. The Hall–Kier alpha value is -2.97. The lowest BCUT2D eigenvalue weighted by Gasteiger charge is -2.05. The molecule has 1 aromatic carbocycles. The van der Waals surface area contributed by atoms with Gasteiger partial charge in [-0.05, 0) is 12.1 Å². The van der Waals surface area contributed by atoms with Crippen molar-refractivity contribution in [3.05, 3.63) is 35.5 Å². The van der Waals surface area contributed by atoms with E-state index in [1.165, 1.54) is 19.2 Å². The Bertz CT molecular complexity index is 657. The van der Waals surface area contributed by atoms with Crippen LogP contribution in [-0.4, -0.2) is 38.4 Å². The minimum Gasteiger partial charge on any atom is -0.509 e. The maximum atomic E-state index is 13.7. The fourth-order valence-corrected chi connectivity index (χ4v) is 1.46. The van der Waals surface area contributed by atoms with Crippen molar-refractivity contribution in [1.29, 1.82) is 0 Å². The second-order valence-corrected chi connectivity index (χ2v) is 4.03. The number of aliphatic hydroxyl groups is 1. The average Bonchev–Trinajstić information content (AvgIpc) is 2.55. The van der Waals surface area contributed by atoms with Crippen LogP contribution in [0.3, 0.4) is 0 Å². The molecule has 0 aliphatic rings. The molecule has 1 aromatic rings. The molecular formula is C14H15FN2O6. The number of nitrogens with zero attached hydrogens (tertiary/aromatic N) is 2. The molecule has 1 N–H and O–H groups in total. The summed E-state index contributed by atoms with van der Waals surface area (Å²) < 4.78 is 27.5. The summed E-state index contributed by atoms with van der Waals surface area (Å²) >= 11 is 0. The molecule has 23 heavy (non-hydrogen) atoms. The zero-order valence-corrected chi connectivity index (χ0v) is 12.7. The van der Waals surface area contributed by atoms with E-state index in [1.807, 2.05) is 0 Å². The summed E-state index contributed by atoms with van der Waals surface area (Å²) in [5, 5.41) is 16.8. The summed E-state index contributed by atoms with van der Waals surface area (Å²) in [6.45, 7) is 0. The van der Waals surface area contributed by atoms with Gasteiger partial charge < -0.3 is 19.3 Å². The van der Waals surface area contributed by atoms with Gasteiger partial charge in [0.1, 0.15) is 17.9 Å². The molecule has 0 aliphatic heterocycles. The fraction of sp³-hybridized carbons (Fsp3) is 0.286. The number of esters is 2. The summed E-state index contributed by atoms with van der Waals surface area (Å²) in [6.07, 6.45) is -0.617. The first-order valence-corrected chi connectivity index (χ1v) is 6.26. The van der Waals surface area contributed by atoms with E-state index >= 15 is 0 Å². The number of hydrogen-bond acceptors (Lipinski definition) is 8. The molecular weight excluding hydrogens is 311 g/mol. The quantitative estimate of drug-likeness (QED) is 0.372. The largest absolute Gasteiger partial charge is 0.509 e. The molecule has 0 spiro atoms. The molecule has 0 fully saturated rings. The Morgan fingerprint density at radius 3 is 2.48 bits per heavy atom. The van der Waals surface area contributed by atoms with Crippen molar-refractivity contribution in [2.75, 3.05) is 21.3 Å². The fourth-order valence-electron chi connectivity index (χ4n) is 1.46. The molecule has 8 nitrogen and oxygen atoms in total. The minimum absolute atomic E-state index is 0.0745. The van der Waals surface area contributed by atoms with E-state index in [9.17, 15) is 19.1 Å². The Labute approximate surface area is 131 Å². The highest BCUT2D eigenvalue weighted by atomic mass is 19.1. The van der Waals surface area contributed by atoms with Gasteiger partial charge in [0.05, 0.1) is 21.3 Å². The molecule has 0 unspecified atom stereocenters. The van der Waals surface area contributed by atoms with E-state index < -0.39 is 35.6 Å². The van der Waals surface area contributed by atoms with Gasteiger partial charge in [0.2, 0.25) is 5.70 Å². The van der Waals surface area contributed by atoms with Crippen LogP contribution in [0.15, 0.2) is 39.9 Å². The van der Waals surface area contributed by atoms with Crippen molar-refractivity contribution in [3.8, 4) is 5.75 Å². The highest BCUT2D eigenvalue weighted by Gasteiger charge is 2.19. The van der Waals surface area contributed by atoms with Gasteiger partial charge in [0.15, 0.2) is 11.5 Å². The van der Waals surface area contributed by atoms with Gasteiger partial charge in [0.25, 0.3) is 0 Å². The van der Waals surface area contributed by atoms with Crippen molar-refractivity contribution < 1.29 is 33.3 Å². The number of ether oxygens (including phenoxy) is 3. The van der Waals surface area contributed by atoms with E-state index in [-0.39, 0.29) is 11.4 Å². The molecule has 0 bridgehead atoms. The number of azo groups is 1. The second-order valence-electron chi connectivity index (χ2n) is 4.03. The summed E-state index contributed by atoms with van der Waals surface area (Å²) in [5.41, 5.74) is -0.925. The van der Waals surface area contributed by atoms with Crippen LogP contribution in [0.25, 0.3) is 0 Å². The third-order valence-electron chi connectivity index (χ3n) is 2.61. The molecule has 0 atom stereocenters. The molecule has 0 saturated heterocycles. The van der Waals surface area contributed by atoms with E-state index in [1.54, 1.807) is 0 Å². The Morgan fingerprint density at radius 1 is 1.22 bits per heavy atom. The van der Waals surface area contributed by atoms with Gasteiger partial charge in [-0.1, -0.05) is 6.07 Å². The normalized spacial score (nSPS) is 11.8. The number of carbonyl (C=O) groups excluding carboxylic acids is 2. The number of halogens is 1. The smallest absolute Gasteiger partial charge is 0.362 e. The number of rotatable bonds is 6. The topological polar surface area (TPSA) is 107 Å². The van der Waals surface area contributed by atoms with Crippen LogP contribution >= 0.6 is 0 Å². The highest BCUT2D eigenvalue weighted by Crippen LogP contribution is 2.31. The third kappa shape index (κ3) is 4.77. The lowest BCUT2D eigenvalue weighted by Crippen LogP contribution is -2.09. The van der Waals surface area contributed by atoms with Crippen molar-refractivity contribution in [2.45, 2.75) is 6.42 Å². The predicted octanol–water partition coefficient (Wildman–Crippen LogP) is 2.42. The maximum Gasteiger partial charge on any atom is 0.362 e. The molecule has 0 heterocycles. The lowest BCUT2D eigenvalue weighted by molar-refractivity contribution is -0.140. The molecule has 124 valence electrons. The van der Waals surface area contributed by atoms with E-state index in [0.717, 1.165) is 20.3 Å². The maximum absolute atomic E-state index is 13.7. The summed E-state index contributed by atoms with van der Waals surface area (Å²) in [4.78, 5) is 22.8. The molecule has 0 saturated carbocycles. The van der Waals surface area contributed by atoms with Gasteiger partial charge in [-0.3, -0.25) is 4.79 Å². The molecule has 0 radical (unpaired) electrons. The van der Waals surface area contributed by atoms with Crippen LogP contribution in [0.5, 0.6) is 5.75 Å². The van der Waals surface area contributed by atoms with Crippen molar-refractivity contribution in [1.82, 2.24) is 0 Å². The number of aliphatic hydroxyl groups excluding tert-OH is 1. The van der Waals surface area contributed by atoms with E-state index in [0.29, 0.717) is 0 Å². The van der Waals surface area contributed by atoms with E-state index in [4.69, 9.17) is 4.74 Å². The first-order valence-electron chi connectivity index (χ1n) is 6.26. The second kappa shape index (κ2) is 8.47. The molecule has 0 aromatic heterocycles. The van der Waals surface area contributed by atoms with Crippen LogP contribution in [-0.2, 0) is 19.1 Å². The number of carbonyl (C=O) groups is 2. The van der Waals surface area contributed by atoms with Gasteiger partial charge >= 0.3 is 11.9 Å². The molecule has 1 rings (SSSR count). The zero-order valence-electron chi connectivity index (χ0n) is 12.7. The van der Waals surface area contributed by atoms with Gasteiger partial charge in [-0.2, -0.15) is 0 Å². The number of hydrogen-bond donors (Lipinski definition) is 1. The van der Waals surface area contributed by atoms with Gasteiger partial charge in [0, 0.05) is 0 Å². The minimum atomic E-state index is -1.05. The van der Waals surface area contributed by atoms with Crippen molar-refractivity contribution in [3.63, 3.8) is 0 Å². The number of benzene rings is 1. The summed E-state index contributed by atoms with van der Waals surface area (Å²) in [5.74, 6) is -3.24. The first-order chi connectivity index (χ1) is 10.9. The van der Waals surface area contributed by atoms with Crippen LogP contribution in [0.1, 0.15) is 6.42 Å². The van der Waals surface area contributed by atoms with Crippen LogP contribution in [0.2, 0.25) is 0 Å². The van der Waals surface area contributed by atoms with Crippen LogP contribution in [0, 0.1) is 5.82 Å². The molecule has 9 heteroatoms. The first kappa shape index (κ1) is 18.1. The summed E-state index contributed by atoms with van der Waals surface area (Å²) in [7, 11) is 3.46.